The first kappa shape index (κ1) is 23.4. The van der Waals surface area contributed by atoms with Gasteiger partial charge in [-0.1, -0.05) is 26.0 Å². The molecule has 4 aromatic heterocycles. The van der Waals surface area contributed by atoms with Crippen LogP contribution in [0.5, 0.6) is 5.75 Å². The number of hydrogen-bond donors (Lipinski definition) is 4. The van der Waals surface area contributed by atoms with E-state index < -0.39 is 5.82 Å². The van der Waals surface area contributed by atoms with E-state index in [1.165, 1.54) is 12.1 Å². The van der Waals surface area contributed by atoms with Crippen molar-refractivity contribution in [3.63, 3.8) is 0 Å². The number of halogens is 1. The van der Waals surface area contributed by atoms with E-state index in [0.717, 1.165) is 44.9 Å². The number of aromatic amines is 2. The lowest BCUT2D eigenvalue weighted by molar-refractivity contribution is -0.118. The number of nitrogens with zero attached hydrogens (tertiary/aromatic N) is 3. The van der Waals surface area contributed by atoms with E-state index in [-0.39, 0.29) is 17.6 Å². The maximum atomic E-state index is 14.0. The van der Waals surface area contributed by atoms with E-state index in [1.54, 1.807) is 12.4 Å². The van der Waals surface area contributed by atoms with Gasteiger partial charge < -0.3 is 15.4 Å². The molecule has 0 saturated carbocycles. The summed E-state index contributed by atoms with van der Waals surface area (Å²) in [7, 11) is 0. The summed E-state index contributed by atoms with van der Waals surface area (Å²) in [6.07, 6.45) is 3.38. The topological polar surface area (TPSA) is 120 Å². The Morgan fingerprint density at radius 3 is 2.66 bits per heavy atom. The van der Waals surface area contributed by atoms with Crippen LogP contribution in [0.4, 0.5) is 10.1 Å². The van der Waals surface area contributed by atoms with Crippen molar-refractivity contribution in [3.05, 3.63) is 78.9 Å². The Morgan fingerprint density at radius 2 is 1.84 bits per heavy atom. The third-order valence-corrected chi connectivity index (χ3v) is 6.37. The molecule has 1 amide bonds. The first-order valence-corrected chi connectivity index (χ1v) is 12.1. The standard InChI is InChI=1S/C29H23FN6O2/c1-15(2)29(38)33-20-5-3-4-16(9-20)18-11-23-27(35-36-28(23)32-14-18)25-13-22-24(34-25)6-7-31-26(22)17-8-19(30)12-21(37)10-17/h3-15,34,37H,1-2H3,(H,33,38)(H,32,35,36). The van der Waals surface area contributed by atoms with Gasteiger partial charge in [0.1, 0.15) is 11.6 Å². The van der Waals surface area contributed by atoms with Crippen LogP contribution in [0.2, 0.25) is 0 Å². The molecule has 6 rings (SSSR count). The largest absolute Gasteiger partial charge is 0.508 e. The molecular weight excluding hydrogens is 483 g/mol. The second-order valence-electron chi connectivity index (χ2n) is 9.42. The molecule has 2 aromatic carbocycles. The van der Waals surface area contributed by atoms with Gasteiger partial charge in [-0.05, 0) is 48.0 Å². The van der Waals surface area contributed by atoms with Gasteiger partial charge in [0.2, 0.25) is 5.91 Å². The van der Waals surface area contributed by atoms with Gasteiger partial charge in [0.15, 0.2) is 5.65 Å². The summed E-state index contributed by atoms with van der Waals surface area (Å²) in [6, 6.07) is 17.3. The highest BCUT2D eigenvalue weighted by atomic mass is 19.1. The Balaban J connectivity index is 1.42. The van der Waals surface area contributed by atoms with E-state index in [9.17, 15) is 14.3 Å². The molecule has 188 valence electrons. The second-order valence-corrected chi connectivity index (χ2v) is 9.42. The SMILES string of the molecule is CC(C)C(=O)Nc1cccc(-c2cnc3n[nH]c(-c4cc5c(-c6cc(O)cc(F)c6)nccc5[nH]4)c3c2)c1. The van der Waals surface area contributed by atoms with Crippen molar-refractivity contribution in [3.8, 4) is 39.5 Å². The number of aromatic hydroxyl groups is 1. The van der Waals surface area contributed by atoms with Gasteiger partial charge in [0, 0.05) is 57.5 Å². The molecule has 0 unspecified atom stereocenters. The molecule has 0 atom stereocenters. The minimum atomic E-state index is -0.541. The Kier molecular flexibility index (Phi) is 5.60. The molecule has 0 saturated heterocycles. The predicted molar refractivity (Wildman–Crippen MR) is 145 cm³/mol. The number of benzene rings is 2. The lowest BCUT2D eigenvalue weighted by atomic mass is 10.0. The lowest BCUT2D eigenvalue weighted by Crippen LogP contribution is -2.17. The van der Waals surface area contributed by atoms with E-state index >= 15 is 0 Å². The average molecular weight is 507 g/mol. The first-order chi connectivity index (χ1) is 18.4. The zero-order chi connectivity index (χ0) is 26.4. The van der Waals surface area contributed by atoms with Crippen LogP contribution in [0, 0.1) is 11.7 Å². The maximum Gasteiger partial charge on any atom is 0.226 e. The molecule has 0 radical (unpaired) electrons. The van der Waals surface area contributed by atoms with Crippen LogP contribution < -0.4 is 5.32 Å². The molecule has 9 heteroatoms. The third-order valence-electron chi connectivity index (χ3n) is 6.37. The normalized spacial score (nSPS) is 11.5. The minimum absolute atomic E-state index is 0.0472. The van der Waals surface area contributed by atoms with Gasteiger partial charge in [-0.3, -0.25) is 14.9 Å². The van der Waals surface area contributed by atoms with Crippen LogP contribution >= 0.6 is 0 Å². The number of fused-ring (bicyclic) bond motifs is 2. The summed E-state index contributed by atoms with van der Waals surface area (Å²) in [5, 5.41) is 21.8. The van der Waals surface area contributed by atoms with Crippen molar-refractivity contribution in [1.82, 2.24) is 25.1 Å². The number of H-pyrrole nitrogens is 2. The van der Waals surface area contributed by atoms with Gasteiger partial charge in [0.05, 0.1) is 17.1 Å². The summed E-state index contributed by atoms with van der Waals surface area (Å²) in [5.41, 5.74) is 6.36. The van der Waals surface area contributed by atoms with Crippen LogP contribution in [-0.2, 0) is 4.79 Å². The molecule has 0 aliphatic carbocycles. The highest BCUT2D eigenvalue weighted by Crippen LogP contribution is 2.35. The second kappa shape index (κ2) is 9.11. The van der Waals surface area contributed by atoms with Crippen LogP contribution in [0.15, 0.2) is 73.1 Å². The zero-order valence-corrected chi connectivity index (χ0v) is 20.6. The Bertz CT molecular complexity index is 1820. The van der Waals surface area contributed by atoms with E-state index in [1.807, 2.05) is 56.3 Å². The van der Waals surface area contributed by atoms with Crippen molar-refractivity contribution >= 4 is 33.5 Å². The fraction of sp³-hybridized carbons (Fsp3) is 0.103. The van der Waals surface area contributed by atoms with E-state index in [2.05, 4.69) is 30.5 Å². The number of carbonyl (C=O) groups is 1. The third kappa shape index (κ3) is 4.24. The number of amides is 1. The smallest absolute Gasteiger partial charge is 0.226 e. The van der Waals surface area contributed by atoms with Gasteiger partial charge in [-0.25, -0.2) is 9.37 Å². The molecule has 4 heterocycles. The number of aromatic nitrogens is 5. The quantitative estimate of drug-likeness (QED) is 0.220. The summed E-state index contributed by atoms with van der Waals surface area (Å²) in [4.78, 5) is 24.5. The highest BCUT2D eigenvalue weighted by molar-refractivity contribution is 6.00. The summed E-state index contributed by atoms with van der Waals surface area (Å²) in [5.74, 6) is -0.876. The van der Waals surface area contributed by atoms with Gasteiger partial charge in [-0.2, -0.15) is 5.10 Å². The molecule has 0 fully saturated rings. The number of rotatable bonds is 5. The number of nitrogens with one attached hydrogen (secondary N) is 3. The monoisotopic (exact) mass is 506 g/mol. The summed E-state index contributed by atoms with van der Waals surface area (Å²) < 4.78 is 14.0. The first-order valence-electron chi connectivity index (χ1n) is 12.1. The number of anilines is 1. The van der Waals surface area contributed by atoms with Crippen LogP contribution in [0.3, 0.4) is 0 Å². The number of carbonyl (C=O) groups excluding carboxylic acids is 1. The molecule has 4 N–H and O–H groups in total. The van der Waals surface area contributed by atoms with Crippen molar-refractivity contribution in [2.75, 3.05) is 5.32 Å². The number of hydrogen-bond acceptors (Lipinski definition) is 5. The van der Waals surface area contributed by atoms with E-state index in [0.29, 0.717) is 22.6 Å². The van der Waals surface area contributed by atoms with Crippen molar-refractivity contribution in [2.45, 2.75) is 13.8 Å². The highest BCUT2D eigenvalue weighted by Gasteiger charge is 2.16. The number of phenols is 1. The Hall–Kier alpha value is -5.05. The lowest BCUT2D eigenvalue weighted by Gasteiger charge is -2.09. The molecular formula is C29H23FN6O2. The summed E-state index contributed by atoms with van der Waals surface area (Å²) in [6.45, 7) is 3.70. The molecule has 0 aliphatic heterocycles. The molecule has 0 spiro atoms. The maximum absolute atomic E-state index is 14.0. The van der Waals surface area contributed by atoms with Crippen LogP contribution in [0.25, 0.3) is 55.7 Å². The average Bonchev–Trinajstić information content (AvgIpc) is 3.51. The van der Waals surface area contributed by atoms with Gasteiger partial charge in [0.25, 0.3) is 0 Å². The Labute approximate surface area is 216 Å². The molecule has 8 nitrogen and oxygen atoms in total. The minimum Gasteiger partial charge on any atom is -0.508 e. The Morgan fingerprint density at radius 1 is 0.974 bits per heavy atom. The van der Waals surface area contributed by atoms with Crippen LogP contribution in [0.1, 0.15) is 13.8 Å². The molecule has 0 bridgehead atoms. The molecule has 6 aromatic rings. The van der Waals surface area contributed by atoms with Gasteiger partial charge in [-0.15, -0.1) is 0 Å². The predicted octanol–water partition coefficient (Wildman–Crippen LogP) is 6.27. The van der Waals surface area contributed by atoms with E-state index in [4.69, 9.17) is 0 Å². The number of phenolic OH excluding ortho intramolecular Hbond substituents is 1. The van der Waals surface area contributed by atoms with Gasteiger partial charge >= 0.3 is 0 Å². The number of pyridine rings is 2. The van der Waals surface area contributed by atoms with Crippen molar-refractivity contribution in [1.29, 1.82) is 0 Å². The fourth-order valence-electron chi connectivity index (χ4n) is 4.46. The molecule has 38 heavy (non-hydrogen) atoms. The fourth-order valence-corrected chi connectivity index (χ4v) is 4.46. The summed E-state index contributed by atoms with van der Waals surface area (Å²) >= 11 is 0. The molecule has 0 aliphatic rings. The van der Waals surface area contributed by atoms with Crippen molar-refractivity contribution in [2.24, 2.45) is 5.92 Å². The zero-order valence-electron chi connectivity index (χ0n) is 20.6. The van der Waals surface area contributed by atoms with Crippen molar-refractivity contribution < 1.29 is 14.3 Å². The van der Waals surface area contributed by atoms with Crippen LogP contribution in [-0.4, -0.2) is 36.2 Å².